The van der Waals surface area contributed by atoms with Crippen LogP contribution >= 0.6 is 15.9 Å². The summed E-state index contributed by atoms with van der Waals surface area (Å²) in [6, 6.07) is 15.7. The van der Waals surface area contributed by atoms with Crippen molar-refractivity contribution in [2.45, 2.75) is 19.8 Å². The first kappa shape index (κ1) is 22.6. The largest absolute Gasteiger partial charge is 0.358 e. The van der Waals surface area contributed by atoms with E-state index in [0.29, 0.717) is 23.4 Å². The van der Waals surface area contributed by atoms with Gasteiger partial charge in [0.15, 0.2) is 0 Å². The van der Waals surface area contributed by atoms with Crippen molar-refractivity contribution in [1.82, 2.24) is 15.2 Å². The number of hydrogen-bond acceptors (Lipinski definition) is 3. The Balaban J connectivity index is 1.46. The van der Waals surface area contributed by atoms with Crippen molar-refractivity contribution < 1.29 is 9.59 Å². The van der Waals surface area contributed by atoms with E-state index in [0.717, 1.165) is 52.2 Å². The van der Waals surface area contributed by atoms with Crippen LogP contribution in [0.15, 0.2) is 53.0 Å². The average molecular weight is 519 g/mol. The summed E-state index contributed by atoms with van der Waals surface area (Å²) in [6.07, 6.45) is 4.26. The maximum Gasteiger partial charge on any atom is 0.256 e. The third kappa shape index (κ3) is 4.58. The SMILES string of the molecule is Cc1cc(C(=O)NCCN2CCCC2)c(/C=C2\C(=O)Nc3cccc(-c4cccc(Br)c4)c32)[nH]1. The number of aromatic nitrogens is 1. The minimum absolute atomic E-state index is 0.130. The zero-order valence-corrected chi connectivity index (χ0v) is 20.7. The molecule has 34 heavy (non-hydrogen) atoms. The molecule has 0 aliphatic carbocycles. The van der Waals surface area contributed by atoms with Gasteiger partial charge >= 0.3 is 0 Å². The highest BCUT2D eigenvalue weighted by Gasteiger charge is 2.28. The summed E-state index contributed by atoms with van der Waals surface area (Å²) in [5.41, 5.74) is 6.19. The molecule has 2 aromatic carbocycles. The van der Waals surface area contributed by atoms with E-state index >= 15 is 0 Å². The van der Waals surface area contributed by atoms with Crippen LogP contribution in [-0.2, 0) is 4.79 Å². The highest BCUT2D eigenvalue weighted by Crippen LogP contribution is 2.41. The van der Waals surface area contributed by atoms with E-state index < -0.39 is 0 Å². The van der Waals surface area contributed by atoms with Crippen molar-refractivity contribution in [2.75, 3.05) is 31.5 Å². The number of carbonyl (C=O) groups is 2. The van der Waals surface area contributed by atoms with E-state index in [-0.39, 0.29) is 11.8 Å². The number of carbonyl (C=O) groups excluding carboxylic acids is 2. The van der Waals surface area contributed by atoms with Gasteiger partial charge in [-0.1, -0.05) is 40.2 Å². The van der Waals surface area contributed by atoms with Gasteiger partial charge in [-0.15, -0.1) is 0 Å². The lowest BCUT2D eigenvalue weighted by atomic mass is 9.94. The quantitative estimate of drug-likeness (QED) is 0.398. The minimum atomic E-state index is -0.176. The normalized spacial score (nSPS) is 16.6. The third-order valence-corrected chi connectivity index (χ3v) is 6.88. The van der Waals surface area contributed by atoms with Crippen LogP contribution in [0.5, 0.6) is 0 Å². The zero-order chi connectivity index (χ0) is 23.7. The molecule has 0 spiro atoms. The second-order valence-corrected chi connectivity index (χ2v) is 9.75. The van der Waals surface area contributed by atoms with Crippen LogP contribution in [0.25, 0.3) is 22.8 Å². The first-order valence-corrected chi connectivity index (χ1v) is 12.4. The van der Waals surface area contributed by atoms with Gasteiger partial charge in [0, 0.05) is 34.5 Å². The molecule has 5 rings (SSSR count). The molecular weight excluding hydrogens is 492 g/mol. The highest BCUT2D eigenvalue weighted by molar-refractivity contribution is 9.10. The summed E-state index contributed by atoms with van der Waals surface area (Å²) in [5.74, 6) is -0.306. The Hall–Kier alpha value is -3.16. The monoisotopic (exact) mass is 518 g/mol. The van der Waals surface area contributed by atoms with Crippen molar-refractivity contribution in [3.8, 4) is 11.1 Å². The van der Waals surface area contributed by atoms with Gasteiger partial charge in [-0.05, 0) is 74.3 Å². The van der Waals surface area contributed by atoms with Gasteiger partial charge in [0.2, 0.25) is 0 Å². The second-order valence-electron chi connectivity index (χ2n) is 8.83. The fourth-order valence-electron chi connectivity index (χ4n) is 4.77. The molecule has 1 saturated heterocycles. The van der Waals surface area contributed by atoms with Crippen molar-refractivity contribution >= 4 is 45.1 Å². The van der Waals surface area contributed by atoms with Crippen LogP contribution in [0.2, 0.25) is 0 Å². The smallest absolute Gasteiger partial charge is 0.256 e. The van der Waals surface area contributed by atoms with Gasteiger partial charge in [0.05, 0.1) is 16.8 Å². The molecule has 0 radical (unpaired) electrons. The number of H-pyrrole nitrogens is 1. The summed E-state index contributed by atoms with van der Waals surface area (Å²) in [4.78, 5) is 31.6. The lowest BCUT2D eigenvalue weighted by Crippen LogP contribution is -2.33. The van der Waals surface area contributed by atoms with Crippen molar-refractivity contribution in [3.05, 3.63) is 75.5 Å². The fourth-order valence-corrected chi connectivity index (χ4v) is 5.17. The Bertz CT molecular complexity index is 1290. The number of halogens is 1. The van der Waals surface area contributed by atoms with Gasteiger partial charge in [-0.2, -0.15) is 0 Å². The Morgan fingerprint density at radius 1 is 1.15 bits per heavy atom. The first-order valence-electron chi connectivity index (χ1n) is 11.6. The highest BCUT2D eigenvalue weighted by atomic mass is 79.9. The molecular formula is C27H27BrN4O2. The number of hydrogen-bond donors (Lipinski definition) is 3. The molecule has 1 aromatic heterocycles. The number of benzene rings is 2. The molecule has 174 valence electrons. The van der Waals surface area contributed by atoms with Crippen LogP contribution in [0.3, 0.4) is 0 Å². The molecule has 7 heteroatoms. The van der Waals surface area contributed by atoms with E-state index in [1.807, 2.05) is 55.5 Å². The van der Waals surface area contributed by atoms with E-state index in [2.05, 4.69) is 36.4 Å². The number of nitrogens with one attached hydrogen (secondary N) is 3. The number of aryl methyl sites for hydroxylation is 1. The number of likely N-dealkylation sites (tertiary alicyclic amines) is 1. The number of anilines is 1. The molecule has 1 fully saturated rings. The molecule has 3 N–H and O–H groups in total. The Labute approximate surface area is 207 Å². The van der Waals surface area contributed by atoms with E-state index in [9.17, 15) is 9.59 Å². The van der Waals surface area contributed by atoms with E-state index in [4.69, 9.17) is 0 Å². The number of fused-ring (bicyclic) bond motifs is 1. The maximum absolute atomic E-state index is 13.0. The lowest BCUT2D eigenvalue weighted by molar-refractivity contribution is -0.110. The molecule has 3 aromatic rings. The predicted molar refractivity (Wildman–Crippen MR) is 140 cm³/mol. The summed E-state index contributed by atoms with van der Waals surface area (Å²) >= 11 is 3.54. The first-order chi connectivity index (χ1) is 16.5. The minimum Gasteiger partial charge on any atom is -0.358 e. The van der Waals surface area contributed by atoms with Crippen LogP contribution < -0.4 is 10.6 Å². The van der Waals surface area contributed by atoms with Gasteiger partial charge < -0.3 is 20.5 Å². The molecule has 3 heterocycles. The van der Waals surface area contributed by atoms with Crippen molar-refractivity contribution in [1.29, 1.82) is 0 Å². The van der Waals surface area contributed by atoms with E-state index in [1.165, 1.54) is 12.8 Å². The van der Waals surface area contributed by atoms with Gasteiger partial charge in [-0.25, -0.2) is 0 Å². The van der Waals surface area contributed by atoms with Crippen molar-refractivity contribution in [3.63, 3.8) is 0 Å². The van der Waals surface area contributed by atoms with Crippen LogP contribution in [0, 0.1) is 6.92 Å². The average Bonchev–Trinajstić information content (AvgIpc) is 3.53. The topological polar surface area (TPSA) is 77.2 Å². The summed E-state index contributed by atoms with van der Waals surface area (Å²) in [7, 11) is 0. The number of rotatable bonds is 6. The molecule has 0 atom stereocenters. The summed E-state index contributed by atoms with van der Waals surface area (Å²) in [5, 5.41) is 6.02. The van der Waals surface area contributed by atoms with Crippen LogP contribution in [0.4, 0.5) is 5.69 Å². The Kier molecular flexibility index (Phi) is 6.39. The zero-order valence-electron chi connectivity index (χ0n) is 19.1. The molecule has 2 aliphatic heterocycles. The molecule has 0 bridgehead atoms. The molecule has 2 aliphatic rings. The lowest BCUT2D eigenvalue weighted by Gasteiger charge is -2.14. The number of nitrogens with zero attached hydrogens (tertiary/aromatic N) is 1. The van der Waals surface area contributed by atoms with Gasteiger partial charge in [0.25, 0.3) is 11.8 Å². The third-order valence-electron chi connectivity index (χ3n) is 6.39. The maximum atomic E-state index is 13.0. The predicted octanol–water partition coefficient (Wildman–Crippen LogP) is 5.07. The molecule has 2 amide bonds. The van der Waals surface area contributed by atoms with Crippen LogP contribution in [0.1, 0.15) is 40.2 Å². The van der Waals surface area contributed by atoms with Crippen molar-refractivity contribution in [2.24, 2.45) is 0 Å². The number of aromatic amines is 1. The van der Waals surface area contributed by atoms with E-state index in [1.54, 1.807) is 6.08 Å². The summed E-state index contributed by atoms with van der Waals surface area (Å²) in [6.45, 7) is 5.59. The molecule has 6 nitrogen and oxygen atoms in total. The van der Waals surface area contributed by atoms with Gasteiger partial charge in [0.1, 0.15) is 0 Å². The Morgan fingerprint density at radius 3 is 2.74 bits per heavy atom. The molecule has 0 saturated carbocycles. The van der Waals surface area contributed by atoms with Gasteiger partial charge in [-0.3, -0.25) is 9.59 Å². The number of amides is 2. The fraction of sp³-hybridized carbons (Fsp3) is 0.259. The molecule has 0 unspecified atom stereocenters. The standard InChI is InChI=1S/C27H27BrN4O2/c1-17-14-21(26(33)29-10-13-32-11-2-3-12-32)24(30-17)16-22-25-20(18-6-4-7-19(28)15-18)8-5-9-23(25)31-27(22)34/h4-9,14-16,30H,2-3,10-13H2,1H3,(H,29,33)(H,31,34)/b22-16-. The van der Waals surface area contributed by atoms with Crippen LogP contribution in [-0.4, -0.2) is 47.9 Å². The second kappa shape index (κ2) is 9.60. The Morgan fingerprint density at radius 2 is 1.94 bits per heavy atom. The summed E-state index contributed by atoms with van der Waals surface area (Å²) < 4.78 is 0.971.